The van der Waals surface area contributed by atoms with E-state index in [0.717, 1.165) is 50.2 Å². The van der Waals surface area contributed by atoms with Crippen molar-refractivity contribution in [3.63, 3.8) is 0 Å². The van der Waals surface area contributed by atoms with E-state index in [1.54, 1.807) is 0 Å². The van der Waals surface area contributed by atoms with Gasteiger partial charge in [-0.1, -0.05) is 0 Å². The first-order valence-corrected chi connectivity index (χ1v) is 8.06. The van der Waals surface area contributed by atoms with Crippen molar-refractivity contribution in [2.45, 2.75) is 24.4 Å². The Kier molecular flexibility index (Phi) is 2.38. The molecule has 4 bridgehead atoms. The van der Waals surface area contributed by atoms with E-state index in [2.05, 4.69) is 9.80 Å². The van der Waals surface area contributed by atoms with Crippen LogP contribution < -0.4 is 0 Å². The second-order valence-corrected chi connectivity index (χ2v) is 7.06. The van der Waals surface area contributed by atoms with Crippen molar-refractivity contribution >= 4 is 0 Å². The molecule has 4 nitrogen and oxygen atoms in total. The molecule has 2 saturated heterocycles. The highest BCUT2D eigenvalue weighted by Crippen LogP contribution is 2.76. The summed E-state index contributed by atoms with van der Waals surface area (Å²) in [5.41, 5.74) is 0.609. The SMILES string of the molecule is C1CN([C@H]2[C@H]3C[C@H]4[C@@H]2[C@@]4(N2CCOCC2)C3)CCO1. The van der Waals surface area contributed by atoms with Crippen LogP contribution in [0.2, 0.25) is 0 Å². The lowest BCUT2D eigenvalue weighted by Gasteiger charge is -2.35. The van der Waals surface area contributed by atoms with E-state index in [1.165, 1.54) is 39.0 Å². The van der Waals surface area contributed by atoms with Gasteiger partial charge in [0.1, 0.15) is 0 Å². The monoisotopic (exact) mass is 264 g/mol. The average Bonchev–Trinajstić information content (AvgIpc) is 2.88. The molecule has 19 heavy (non-hydrogen) atoms. The Morgan fingerprint density at radius 1 is 0.895 bits per heavy atom. The average molecular weight is 264 g/mol. The number of hydrogen-bond acceptors (Lipinski definition) is 4. The van der Waals surface area contributed by atoms with Gasteiger partial charge in [0.05, 0.1) is 26.4 Å². The minimum Gasteiger partial charge on any atom is -0.379 e. The van der Waals surface area contributed by atoms with Crippen molar-refractivity contribution in [1.82, 2.24) is 9.80 Å². The van der Waals surface area contributed by atoms with E-state index in [0.29, 0.717) is 5.54 Å². The summed E-state index contributed by atoms with van der Waals surface area (Å²) in [7, 11) is 0. The molecular weight excluding hydrogens is 240 g/mol. The van der Waals surface area contributed by atoms with Gasteiger partial charge in [-0.15, -0.1) is 0 Å². The van der Waals surface area contributed by atoms with Gasteiger partial charge in [-0.2, -0.15) is 0 Å². The molecule has 0 spiro atoms. The summed E-state index contributed by atoms with van der Waals surface area (Å²) in [6.07, 6.45) is 2.98. The molecule has 4 saturated carbocycles. The molecule has 6 fully saturated rings. The topological polar surface area (TPSA) is 24.9 Å². The molecule has 0 amide bonds. The van der Waals surface area contributed by atoms with E-state index in [-0.39, 0.29) is 0 Å². The van der Waals surface area contributed by atoms with Gasteiger partial charge in [-0.3, -0.25) is 9.80 Å². The lowest BCUT2D eigenvalue weighted by molar-refractivity contribution is -0.00108. The Hall–Kier alpha value is -0.160. The van der Waals surface area contributed by atoms with Crippen molar-refractivity contribution < 1.29 is 9.47 Å². The van der Waals surface area contributed by atoms with Gasteiger partial charge in [0, 0.05) is 37.8 Å². The van der Waals surface area contributed by atoms with E-state index >= 15 is 0 Å². The van der Waals surface area contributed by atoms with Gasteiger partial charge in [-0.05, 0) is 30.6 Å². The third-order valence-electron chi connectivity index (χ3n) is 6.61. The van der Waals surface area contributed by atoms with Crippen LogP contribution in [0.15, 0.2) is 0 Å². The largest absolute Gasteiger partial charge is 0.379 e. The van der Waals surface area contributed by atoms with E-state index < -0.39 is 0 Å². The van der Waals surface area contributed by atoms with Crippen molar-refractivity contribution in [2.24, 2.45) is 17.8 Å². The Bertz CT molecular complexity index is 378. The van der Waals surface area contributed by atoms with Crippen LogP contribution in [0.5, 0.6) is 0 Å². The molecule has 0 radical (unpaired) electrons. The molecule has 2 heterocycles. The number of ether oxygens (including phenoxy) is 2. The molecule has 0 aromatic carbocycles. The molecule has 5 atom stereocenters. The first-order valence-electron chi connectivity index (χ1n) is 8.06. The highest BCUT2D eigenvalue weighted by molar-refractivity contribution is 5.34. The maximum atomic E-state index is 5.55. The minimum atomic E-state index is 0.609. The second kappa shape index (κ2) is 3.94. The Labute approximate surface area is 115 Å². The van der Waals surface area contributed by atoms with Crippen LogP contribution in [-0.4, -0.2) is 74.0 Å². The zero-order valence-corrected chi connectivity index (χ0v) is 11.6. The molecule has 106 valence electrons. The van der Waals surface area contributed by atoms with Crippen LogP contribution in [0.25, 0.3) is 0 Å². The van der Waals surface area contributed by atoms with Gasteiger partial charge in [-0.25, -0.2) is 0 Å². The first-order chi connectivity index (χ1) is 9.41. The normalized spacial score (nSPS) is 53.7. The van der Waals surface area contributed by atoms with Crippen molar-refractivity contribution in [2.75, 3.05) is 52.6 Å². The summed E-state index contributed by atoms with van der Waals surface area (Å²) in [5.74, 6) is 2.98. The Balaban J connectivity index is 1.37. The maximum Gasteiger partial charge on any atom is 0.0594 e. The summed E-state index contributed by atoms with van der Waals surface area (Å²) in [4.78, 5) is 5.56. The summed E-state index contributed by atoms with van der Waals surface area (Å²) in [6.45, 7) is 8.50. The molecular formula is C15H24N2O2. The third-order valence-corrected chi connectivity index (χ3v) is 6.61. The number of morpholine rings is 2. The predicted molar refractivity (Wildman–Crippen MR) is 71.0 cm³/mol. The van der Waals surface area contributed by atoms with Gasteiger partial charge in [0.2, 0.25) is 0 Å². The summed E-state index contributed by atoms with van der Waals surface area (Å²) in [5, 5.41) is 0. The zero-order valence-electron chi connectivity index (χ0n) is 11.6. The van der Waals surface area contributed by atoms with E-state index in [9.17, 15) is 0 Å². The van der Waals surface area contributed by atoms with Crippen molar-refractivity contribution in [3.05, 3.63) is 0 Å². The van der Waals surface area contributed by atoms with Gasteiger partial charge < -0.3 is 9.47 Å². The number of rotatable bonds is 2. The van der Waals surface area contributed by atoms with Crippen LogP contribution in [-0.2, 0) is 9.47 Å². The standard InChI is InChI=1S/C15H24N2O2/c1-5-18-6-2-16(1)14-11-9-12-13(14)15(12,10-11)17-3-7-19-8-4-17/h11-14H,1-10H2/t11-,12-,13-,14-,15+/m0/s1. The van der Waals surface area contributed by atoms with E-state index in [4.69, 9.17) is 9.47 Å². The predicted octanol–water partition coefficient (Wildman–Crippen LogP) is 0.428. The molecule has 0 aromatic rings. The quantitative estimate of drug-likeness (QED) is 0.722. The molecule has 4 heteroatoms. The smallest absolute Gasteiger partial charge is 0.0594 e. The summed E-state index contributed by atoms with van der Waals surface area (Å²) in [6, 6.07) is 0.886. The summed E-state index contributed by atoms with van der Waals surface area (Å²) < 4.78 is 11.1. The lowest BCUT2D eigenvalue weighted by atomic mass is 10.0. The fourth-order valence-electron chi connectivity index (χ4n) is 6.04. The number of hydrogen-bond donors (Lipinski definition) is 0. The van der Waals surface area contributed by atoms with Gasteiger partial charge >= 0.3 is 0 Å². The molecule has 2 aliphatic heterocycles. The molecule has 0 aromatic heterocycles. The van der Waals surface area contributed by atoms with Crippen LogP contribution in [0.4, 0.5) is 0 Å². The molecule has 6 rings (SSSR count). The lowest BCUT2D eigenvalue weighted by Crippen LogP contribution is -2.47. The van der Waals surface area contributed by atoms with Gasteiger partial charge in [0.15, 0.2) is 0 Å². The Morgan fingerprint density at radius 2 is 1.58 bits per heavy atom. The van der Waals surface area contributed by atoms with E-state index in [1.807, 2.05) is 0 Å². The molecule has 0 unspecified atom stereocenters. The van der Waals surface area contributed by atoms with Crippen LogP contribution in [0.1, 0.15) is 12.8 Å². The van der Waals surface area contributed by atoms with Crippen LogP contribution in [0, 0.1) is 17.8 Å². The zero-order chi connectivity index (χ0) is 12.4. The van der Waals surface area contributed by atoms with Crippen molar-refractivity contribution in [1.29, 1.82) is 0 Å². The van der Waals surface area contributed by atoms with Gasteiger partial charge in [0.25, 0.3) is 0 Å². The highest BCUT2D eigenvalue weighted by atomic mass is 16.5. The third kappa shape index (κ3) is 1.39. The second-order valence-electron chi connectivity index (χ2n) is 7.06. The maximum absolute atomic E-state index is 5.55. The van der Waals surface area contributed by atoms with Crippen LogP contribution in [0.3, 0.4) is 0 Å². The first kappa shape index (κ1) is 11.5. The fraction of sp³-hybridized carbons (Fsp3) is 1.00. The fourth-order valence-corrected chi connectivity index (χ4v) is 6.04. The highest BCUT2D eigenvalue weighted by Gasteiger charge is 2.81. The van der Waals surface area contributed by atoms with Crippen molar-refractivity contribution in [3.8, 4) is 0 Å². The molecule has 6 aliphatic rings. The molecule has 0 N–H and O–H groups in total. The summed E-state index contributed by atoms with van der Waals surface area (Å²) >= 11 is 0. The van der Waals surface area contributed by atoms with Crippen LogP contribution >= 0.6 is 0 Å². The molecule has 4 aliphatic carbocycles. The minimum absolute atomic E-state index is 0.609. The Morgan fingerprint density at radius 3 is 2.26 bits per heavy atom. The number of nitrogens with zero attached hydrogens (tertiary/aromatic N) is 2.